The molecule has 0 aromatic heterocycles. The fourth-order valence-electron chi connectivity index (χ4n) is 14.5. The van der Waals surface area contributed by atoms with Gasteiger partial charge in [-0.2, -0.15) is 0 Å². The number of rotatable bonds is 7. The second-order valence-electron chi connectivity index (χ2n) is 34.0. The number of carbonyl (C=O) groups is 1. The van der Waals surface area contributed by atoms with Gasteiger partial charge in [0.05, 0.1) is 39.6 Å². The third-order valence-corrected chi connectivity index (χ3v) is 21.9. The molecular formula is C92H201N13O5. The average Bonchev–Trinajstić information content (AvgIpc) is 1.72. The van der Waals surface area contributed by atoms with E-state index in [1.165, 1.54) is 181 Å². The Bertz CT molecular complexity index is 1960. The van der Waals surface area contributed by atoms with Gasteiger partial charge in [0.1, 0.15) is 5.78 Å². The third-order valence-electron chi connectivity index (χ3n) is 21.9. The van der Waals surface area contributed by atoms with Gasteiger partial charge >= 0.3 is 0 Å². The quantitative estimate of drug-likeness (QED) is 0.179. The predicted molar refractivity (Wildman–Crippen MR) is 492 cm³/mol. The lowest BCUT2D eigenvalue weighted by Crippen LogP contribution is -2.41. The molecule has 0 saturated carbocycles. The van der Waals surface area contributed by atoms with Crippen molar-refractivity contribution in [1.29, 1.82) is 0 Å². The van der Waals surface area contributed by atoms with Crippen LogP contribution in [0.25, 0.3) is 0 Å². The highest BCUT2D eigenvalue weighted by atomic mass is 16.5. The lowest BCUT2D eigenvalue weighted by Gasteiger charge is -2.31. The molecule has 0 aromatic rings. The number of allylic oxidation sites excluding steroid dienone is 1. The van der Waals surface area contributed by atoms with Gasteiger partial charge in [0.2, 0.25) is 0 Å². The number of nitrogens with zero attached hydrogens (tertiary/aromatic N) is 12. The summed E-state index contributed by atoms with van der Waals surface area (Å²) in [7, 11) is 27.6. The van der Waals surface area contributed by atoms with Crippen LogP contribution in [0.1, 0.15) is 228 Å². The molecule has 5 N–H and O–H groups in total. The Labute approximate surface area is 689 Å². The van der Waals surface area contributed by atoms with E-state index in [1.54, 1.807) is 0 Å². The molecule has 10 atom stereocenters. The molecule has 12 aliphatic heterocycles. The van der Waals surface area contributed by atoms with Crippen molar-refractivity contribution in [2.45, 2.75) is 253 Å². The number of hydrogen-bond donors (Lipinski definition) is 4. The Morgan fingerprint density at radius 3 is 1.05 bits per heavy atom. The van der Waals surface area contributed by atoms with E-state index >= 15 is 0 Å². The van der Waals surface area contributed by atoms with Crippen LogP contribution in [0.3, 0.4) is 0 Å². The van der Waals surface area contributed by atoms with Gasteiger partial charge < -0.3 is 79.7 Å². The van der Waals surface area contributed by atoms with E-state index in [0.29, 0.717) is 62.2 Å². The highest BCUT2D eigenvalue weighted by Crippen LogP contribution is 2.19. The van der Waals surface area contributed by atoms with Gasteiger partial charge in [-0.25, -0.2) is 0 Å². The van der Waals surface area contributed by atoms with Gasteiger partial charge in [0.15, 0.2) is 0 Å². The van der Waals surface area contributed by atoms with E-state index in [1.807, 2.05) is 7.05 Å². The summed E-state index contributed by atoms with van der Waals surface area (Å²) >= 11 is 0. The van der Waals surface area contributed by atoms with E-state index in [-0.39, 0.29) is 44.6 Å². The fraction of sp³-hybridized carbons (Fsp3) is 0.902. The molecule has 0 aliphatic carbocycles. The molecule has 0 bridgehead atoms. The molecule has 9 fully saturated rings. The molecule has 0 radical (unpaired) electrons. The minimum Gasteiger partial charge on any atom is -0.395 e. The van der Waals surface area contributed by atoms with Crippen LogP contribution in [0.5, 0.6) is 0 Å². The third kappa shape index (κ3) is 69.1. The number of aliphatic hydroxyl groups excluding tert-OH is 3. The van der Waals surface area contributed by atoms with Crippen molar-refractivity contribution < 1.29 is 24.9 Å². The Kier molecular flexibility index (Phi) is 86.1. The first-order valence-corrected chi connectivity index (χ1v) is 42.1. The number of ether oxygens (including phenoxy) is 1. The molecule has 6 unspecified atom stereocenters. The smallest absolute Gasteiger partial charge is 0.146 e. The zero-order valence-corrected chi connectivity index (χ0v) is 72.4. The van der Waals surface area contributed by atoms with Crippen LogP contribution in [-0.4, -0.2) is 360 Å². The van der Waals surface area contributed by atoms with Crippen LogP contribution in [0, 0.1) is 41.4 Å². The summed E-state index contributed by atoms with van der Waals surface area (Å²) in [5.74, 6) is 6.37. The van der Waals surface area contributed by atoms with Crippen LogP contribution in [-0.2, 0) is 9.53 Å². The molecule has 12 aliphatic rings. The van der Waals surface area contributed by atoms with Crippen LogP contribution >= 0.6 is 0 Å². The Hall–Kier alpha value is -2.05. The number of carbonyl (C=O) groups excluding carboxylic acids is 1. The Morgan fingerprint density at radius 2 is 0.773 bits per heavy atom. The second kappa shape index (κ2) is 78.1. The van der Waals surface area contributed by atoms with Gasteiger partial charge in [-0.15, -0.1) is 0 Å². The largest absolute Gasteiger partial charge is 0.395 e. The first kappa shape index (κ1) is 121. The van der Waals surface area contributed by atoms with E-state index in [0.717, 1.165) is 120 Å². The van der Waals surface area contributed by atoms with Crippen molar-refractivity contribution in [2.75, 3.05) is 256 Å². The standard InChI is InChI=1S/C8H17N.C7H16N2.2C7H15N.2C7H13N.C7H15N.3C6H13NO.C6H11NO.C6H13N.C6H10O.6CH4/c1-8-4-3-6-9(2)7-5-8;1-9-5-3-2-4-7(9)6-8;1-7-3-5-8(2)6-4-7;3*1-7-4-3-5-8(2)6-7;1-4-5-6-7-8(2)3;3*1-7-4-2-3-6(7)5-8;1-7-4-2-3-6(8)5-7;1-6-3-4-7(2)5-6;1-6-3-2-4-7-5-6;;;;;;/h8H,3-7H2,1-2H3;7H,2-6,8H2,1H3;2*7H,3-6H2,1-2H3;2*3-4,7H,5-6H2,1-2H3;5-6H,4,7H2,1-3H3;3*6,8H,2-5H2,1H3;2-5H2,1H3;6H,3-5H2,1-2H3;2-3,6H,4-5H2,1H3;6*1H4/b;;;;;;6-5+;;;;;;;;;;;;/t;;;;2*7-;;2*6-;;;;;;;;;;/m....10.10........../s1. The van der Waals surface area contributed by atoms with E-state index in [2.05, 4.69) is 247 Å². The van der Waals surface area contributed by atoms with Crippen molar-refractivity contribution in [2.24, 2.45) is 47.2 Å². The molecule has 664 valence electrons. The number of hydrogen-bond acceptors (Lipinski definition) is 18. The molecule has 9 saturated heterocycles. The van der Waals surface area contributed by atoms with Crippen molar-refractivity contribution >= 4 is 5.78 Å². The van der Waals surface area contributed by atoms with Gasteiger partial charge in [-0.05, 0) is 321 Å². The number of likely N-dealkylation sites (N-methyl/N-ethyl adjacent to an activating group) is 8. The first-order chi connectivity index (χ1) is 49.5. The summed E-state index contributed by atoms with van der Waals surface area (Å²) in [6.45, 7) is 44.3. The minimum absolute atomic E-state index is 0. The lowest BCUT2D eigenvalue weighted by molar-refractivity contribution is -0.121. The Balaban J connectivity index is -0.000000208. The number of likely N-dealkylation sites (tertiary alicyclic amines) is 9. The number of ketones is 1. The van der Waals surface area contributed by atoms with Gasteiger partial charge in [0.25, 0.3) is 0 Å². The maximum atomic E-state index is 10.6. The summed E-state index contributed by atoms with van der Waals surface area (Å²) in [4.78, 5) is 38.1. The summed E-state index contributed by atoms with van der Waals surface area (Å²) in [6, 6.07) is 2.03. The zero-order chi connectivity index (χ0) is 78.0. The summed E-state index contributed by atoms with van der Waals surface area (Å²) < 4.78 is 5.09. The SMILES string of the molecule is C.C.C.C.C.C.CC/C=C/CN(C)C.CC1C=CCOC1.CC1CCCN(C)C1.CC1CCCN(C)CC1.CC1CCN(C)C1.CC1CCN(C)CC1.CN1CCCC(=O)C1.CN1CCCC1CO.CN1CCCCC1CN.CN1CCC[C@@H]1CO.CN1CCC[C@H]1CO.C[C@@H]1C=CCN(C)C1.C[C@H]1C=CCN(C)C1. The fourth-order valence-corrected chi connectivity index (χ4v) is 14.5. The molecule has 18 nitrogen and oxygen atoms in total. The molecule has 0 aromatic carbocycles. The number of piperidine rings is 4. The molecule has 18 heteroatoms. The number of Topliss-reactive ketones (excluding diaryl/α,β-unsaturated/α-hetero) is 1. The number of aliphatic hydroxyl groups is 3. The van der Waals surface area contributed by atoms with Crippen molar-refractivity contribution in [3.63, 3.8) is 0 Å². The topological polar surface area (TPSA) is 152 Å². The molecule has 12 heterocycles. The van der Waals surface area contributed by atoms with Crippen molar-refractivity contribution in [1.82, 2.24) is 58.8 Å². The van der Waals surface area contributed by atoms with Gasteiger partial charge in [0, 0.05) is 82.9 Å². The molecule has 110 heavy (non-hydrogen) atoms. The maximum absolute atomic E-state index is 10.6. The highest BCUT2D eigenvalue weighted by Gasteiger charge is 2.22. The van der Waals surface area contributed by atoms with Crippen LogP contribution in [0.15, 0.2) is 48.6 Å². The molecule has 12 rings (SSSR count). The monoisotopic (exact) mass is 1570 g/mol. The van der Waals surface area contributed by atoms with Crippen molar-refractivity contribution in [3.8, 4) is 0 Å². The zero-order valence-electron chi connectivity index (χ0n) is 72.4. The summed E-state index contributed by atoms with van der Waals surface area (Å²) in [5, 5.41) is 26.1. The second-order valence-corrected chi connectivity index (χ2v) is 34.0. The van der Waals surface area contributed by atoms with Crippen LogP contribution in [0.4, 0.5) is 0 Å². The summed E-state index contributed by atoms with van der Waals surface area (Å²) in [6.07, 6.45) is 43.2. The highest BCUT2D eigenvalue weighted by molar-refractivity contribution is 5.81. The van der Waals surface area contributed by atoms with E-state index < -0.39 is 0 Å². The van der Waals surface area contributed by atoms with E-state index in [9.17, 15) is 4.79 Å². The minimum atomic E-state index is 0. The average molecular weight is 1570 g/mol. The van der Waals surface area contributed by atoms with Gasteiger partial charge in [-0.1, -0.05) is 155 Å². The molecular weight excluding hydrogens is 1370 g/mol. The predicted octanol–water partition coefficient (Wildman–Crippen LogP) is 15.1. The number of nitrogens with two attached hydrogens (primary N) is 1. The molecule has 0 spiro atoms. The first-order valence-electron chi connectivity index (χ1n) is 42.1. The normalized spacial score (nSPS) is 27.5. The maximum Gasteiger partial charge on any atom is 0.146 e. The lowest BCUT2D eigenvalue weighted by atomic mass is 10.00. The van der Waals surface area contributed by atoms with Gasteiger partial charge in [-0.3, -0.25) is 9.69 Å². The van der Waals surface area contributed by atoms with E-state index in [4.69, 9.17) is 25.8 Å². The summed E-state index contributed by atoms with van der Waals surface area (Å²) in [5.41, 5.74) is 5.55. The molecule has 0 amide bonds. The van der Waals surface area contributed by atoms with Crippen LogP contribution < -0.4 is 5.73 Å². The Morgan fingerprint density at radius 1 is 0.409 bits per heavy atom. The van der Waals surface area contributed by atoms with Crippen LogP contribution in [0.2, 0.25) is 0 Å². The van der Waals surface area contributed by atoms with Crippen molar-refractivity contribution in [3.05, 3.63) is 48.6 Å².